The molecule has 1 aromatic carbocycles. The van der Waals surface area contributed by atoms with Crippen molar-refractivity contribution in [3.63, 3.8) is 0 Å². The smallest absolute Gasteiger partial charge is 0.407 e. The van der Waals surface area contributed by atoms with Crippen molar-refractivity contribution in [1.82, 2.24) is 5.32 Å². The first-order valence-corrected chi connectivity index (χ1v) is 5.81. The second-order valence-electron chi connectivity index (χ2n) is 4.39. The molecule has 0 spiro atoms. The van der Waals surface area contributed by atoms with E-state index in [-0.39, 0.29) is 26.2 Å². The van der Waals surface area contributed by atoms with E-state index in [1.807, 2.05) is 30.3 Å². The number of nitrogens with one attached hydrogen (secondary N) is 1. The number of hydrogen-bond acceptors (Lipinski definition) is 4. The highest BCUT2D eigenvalue weighted by atomic mass is 16.5. The first-order valence-electron chi connectivity index (χ1n) is 5.81. The number of carbonyl (C=O) groups excluding carboxylic acids is 1. The lowest BCUT2D eigenvalue weighted by Gasteiger charge is -2.22. The van der Waals surface area contributed by atoms with Crippen molar-refractivity contribution in [3.05, 3.63) is 35.9 Å². The fourth-order valence-electron chi connectivity index (χ4n) is 1.37. The fraction of sp³-hybridized carbons (Fsp3) is 0.462. The van der Waals surface area contributed by atoms with E-state index in [2.05, 4.69) is 5.32 Å². The molecule has 0 bridgehead atoms. The number of alkyl carbamates (subject to hydrolysis) is 1. The number of amides is 1. The van der Waals surface area contributed by atoms with E-state index in [9.17, 15) is 9.90 Å². The van der Waals surface area contributed by atoms with Gasteiger partial charge in [-0.2, -0.15) is 0 Å². The third-order valence-corrected chi connectivity index (χ3v) is 2.48. The molecule has 0 fully saturated rings. The Balaban J connectivity index is 2.26. The highest BCUT2D eigenvalue weighted by Gasteiger charge is 2.20. The fourth-order valence-corrected chi connectivity index (χ4v) is 1.37. The van der Waals surface area contributed by atoms with Crippen molar-refractivity contribution in [2.24, 2.45) is 0 Å². The van der Waals surface area contributed by atoms with E-state index in [0.717, 1.165) is 5.56 Å². The number of benzene rings is 1. The Morgan fingerprint density at radius 2 is 2.06 bits per heavy atom. The van der Waals surface area contributed by atoms with Crippen LogP contribution in [-0.2, 0) is 11.3 Å². The highest BCUT2D eigenvalue weighted by Crippen LogP contribution is 2.06. The second-order valence-corrected chi connectivity index (χ2v) is 4.39. The summed E-state index contributed by atoms with van der Waals surface area (Å²) >= 11 is 0. The van der Waals surface area contributed by atoms with Gasteiger partial charge in [0.15, 0.2) is 0 Å². The zero-order valence-electron chi connectivity index (χ0n) is 10.4. The van der Waals surface area contributed by atoms with Gasteiger partial charge in [0, 0.05) is 19.6 Å². The minimum absolute atomic E-state index is 0.0428. The number of aliphatic hydroxyl groups excluding tert-OH is 1. The van der Waals surface area contributed by atoms with Gasteiger partial charge in [-0.25, -0.2) is 4.79 Å². The Morgan fingerprint density at radius 3 is 2.67 bits per heavy atom. The van der Waals surface area contributed by atoms with Crippen LogP contribution in [0.1, 0.15) is 18.9 Å². The molecule has 0 radical (unpaired) electrons. The average Bonchev–Trinajstić information content (AvgIpc) is 2.35. The van der Waals surface area contributed by atoms with Crippen LogP contribution < -0.4 is 5.32 Å². The first kappa shape index (κ1) is 14.5. The van der Waals surface area contributed by atoms with Crippen LogP contribution in [0.15, 0.2) is 30.3 Å². The van der Waals surface area contributed by atoms with E-state index < -0.39 is 11.7 Å². The van der Waals surface area contributed by atoms with Crippen molar-refractivity contribution < 1.29 is 19.7 Å². The summed E-state index contributed by atoms with van der Waals surface area (Å²) in [5.41, 5.74) is -0.227. The van der Waals surface area contributed by atoms with E-state index >= 15 is 0 Å². The lowest BCUT2D eigenvalue weighted by molar-refractivity contribution is 0.0317. The molecular weight excluding hydrogens is 234 g/mol. The number of rotatable bonds is 6. The maximum atomic E-state index is 11.4. The third-order valence-electron chi connectivity index (χ3n) is 2.48. The van der Waals surface area contributed by atoms with Crippen LogP contribution in [0, 0.1) is 0 Å². The topological polar surface area (TPSA) is 78.8 Å². The van der Waals surface area contributed by atoms with Gasteiger partial charge in [0.05, 0.1) is 5.60 Å². The number of ether oxygens (including phenoxy) is 1. The Labute approximate surface area is 106 Å². The maximum Gasteiger partial charge on any atom is 0.407 e. The molecule has 0 aliphatic carbocycles. The predicted molar refractivity (Wildman–Crippen MR) is 67.0 cm³/mol. The molecule has 0 saturated heterocycles. The highest BCUT2D eigenvalue weighted by molar-refractivity contribution is 5.67. The van der Waals surface area contributed by atoms with Gasteiger partial charge in [0.25, 0.3) is 0 Å². The van der Waals surface area contributed by atoms with Crippen LogP contribution in [-0.4, -0.2) is 35.1 Å². The molecule has 5 heteroatoms. The zero-order valence-corrected chi connectivity index (χ0v) is 10.4. The minimum Gasteiger partial charge on any atom is -0.445 e. The van der Waals surface area contributed by atoms with Gasteiger partial charge >= 0.3 is 6.09 Å². The van der Waals surface area contributed by atoms with Crippen LogP contribution in [0.4, 0.5) is 4.79 Å². The molecule has 0 heterocycles. The summed E-state index contributed by atoms with van der Waals surface area (Å²) in [6.45, 7) is 1.64. The maximum absolute atomic E-state index is 11.4. The van der Waals surface area contributed by atoms with Crippen molar-refractivity contribution in [1.29, 1.82) is 0 Å². The molecule has 0 aromatic heterocycles. The van der Waals surface area contributed by atoms with Crippen LogP contribution >= 0.6 is 0 Å². The average molecular weight is 253 g/mol. The molecule has 100 valence electrons. The molecule has 0 aliphatic rings. The van der Waals surface area contributed by atoms with Gasteiger partial charge < -0.3 is 20.3 Å². The van der Waals surface area contributed by atoms with Crippen LogP contribution in [0.3, 0.4) is 0 Å². The Kier molecular flexibility index (Phi) is 5.61. The Bertz CT molecular complexity index is 365. The SMILES string of the molecule is CC(O)(CCO)CNC(=O)OCc1ccccc1. The number of carbonyl (C=O) groups is 1. The summed E-state index contributed by atoms with van der Waals surface area (Å²) in [7, 11) is 0. The lowest BCUT2D eigenvalue weighted by Crippen LogP contribution is -2.41. The standard InChI is InChI=1S/C13H19NO4/c1-13(17,7-8-15)10-14-12(16)18-9-11-5-3-2-4-6-11/h2-6,15,17H,7-10H2,1H3,(H,14,16). The molecular formula is C13H19NO4. The lowest BCUT2D eigenvalue weighted by atomic mass is 10.0. The van der Waals surface area contributed by atoms with Crippen LogP contribution in [0.25, 0.3) is 0 Å². The summed E-state index contributed by atoms with van der Waals surface area (Å²) in [5, 5.41) is 20.9. The van der Waals surface area contributed by atoms with Crippen molar-refractivity contribution in [2.75, 3.05) is 13.2 Å². The molecule has 5 nitrogen and oxygen atoms in total. The predicted octanol–water partition coefficient (Wildman–Crippen LogP) is 1.05. The number of aliphatic hydroxyl groups is 2. The minimum atomic E-state index is -1.12. The summed E-state index contributed by atoms with van der Waals surface area (Å²) < 4.78 is 4.98. The quantitative estimate of drug-likeness (QED) is 0.708. The van der Waals surface area contributed by atoms with Crippen LogP contribution in [0.2, 0.25) is 0 Å². The van der Waals surface area contributed by atoms with Gasteiger partial charge in [-0.3, -0.25) is 0 Å². The van der Waals surface area contributed by atoms with E-state index in [1.54, 1.807) is 6.92 Å². The van der Waals surface area contributed by atoms with Crippen molar-refractivity contribution >= 4 is 6.09 Å². The normalized spacial score (nSPS) is 13.7. The Hall–Kier alpha value is -1.59. The third kappa shape index (κ3) is 5.65. The summed E-state index contributed by atoms with van der Waals surface area (Å²) in [6, 6.07) is 9.32. The second kappa shape index (κ2) is 6.98. The molecule has 1 atom stereocenters. The van der Waals surface area contributed by atoms with Gasteiger partial charge in [-0.15, -0.1) is 0 Å². The largest absolute Gasteiger partial charge is 0.445 e. The van der Waals surface area contributed by atoms with E-state index in [1.165, 1.54) is 0 Å². The van der Waals surface area contributed by atoms with E-state index in [4.69, 9.17) is 9.84 Å². The van der Waals surface area contributed by atoms with Gasteiger partial charge in [0.2, 0.25) is 0 Å². The van der Waals surface area contributed by atoms with Gasteiger partial charge in [-0.05, 0) is 12.5 Å². The molecule has 1 rings (SSSR count). The molecule has 18 heavy (non-hydrogen) atoms. The van der Waals surface area contributed by atoms with Crippen molar-refractivity contribution in [3.8, 4) is 0 Å². The first-order chi connectivity index (χ1) is 8.53. The summed E-state index contributed by atoms with van der Waals surface area (Å²) in [4.78, 5) is 11.4. The molecule has 1 aromatic rings. The molecule has 0 aliphatic heterocycles. The van der Waals surface area contributed by atoms with Crippen molar-refractivity contribution in [2.45, 2.75) is 25.6 Å². The monoisotopic (exact) mass is 253 g/mol. The summed E-state index contributed by atoms with van der Waals surface area (Å²) in [6.07, 6.45) is -0.386. The summed E-state index contributed by atoms with van der Waals surface area (Å²) in [5.74, 6) is 0. The number of hydrogen-bond donors (Lipinski definition) is 3. The van der Waals surface area contributed by atoms with Gasteiger partial charge in [0.1, 0.15) is 6.61 Å². The Morgan fingerprint density at radius 1 is 1.39 bits per heavy atom. The van der Waals surface area contributed by atoms with E-state index in [0.29, 0.717) is 0 Å². The zero-order chi connectivity index (χ0) is 13.4. The van der Waals surface area contributed by atoms with Gasteiger partial charge in [-0.1, -0.05) is 30.3 Å². The molecule has 1 unspecified atom stereocenters. The molecule has 3 N–H and O–H groups in total. The molecule has 0 saturated carbocycles. The van der Waals surface area contributed by atoms with Crippen LogP contribution in [0.5, 0.6) is 0 Å². The molecule has 1 amide bonds.